The van der Waals surface area contributed by atoms with E-state index in [1.165, 1.54) is 16.3 Å². The number of fused-ring (bicyclic) bond motifs is 2. The third-order valence-electron chi connectivity index (χ3n) is 6.15. The van der Waals surface area contributed by atoms with Crippen molar-refractivity contribution in [3.05, 3.63) is 124 Å². The Balaban J connectivity index is 1.65. The Labute approximate surface area is 196 Å². The molecule has 5 aromatic rings. The highest BCUT2D eigenvalue weighted by Crippen LogP contribution is 2.38. The van der Waals surface area contributed by atoms with Crippen LogP contribution in [0.1, 0.15) is 35.7 Å². The molecule has 5 rings (SSSR count). The lowest BCUT2D eigenvalue weighted by Gasteiger charge is -2.27. The van der Waals surface area contributed by atoms with E-state index < -0.39 is 0 Å². The molecule has 0 radical (unpaired) electrons. The van der Waals surface area contributed by atoms with Gasteiger partial charge in [-0.15, -0.1) is 0 Å². The van der Waals surface area contributed by atoms with Crippen LogP contribution >= 0.6 is 15.9 Å². The third-order valence-corrected chi connectivity index (χ3v) is 6.67. The van der Waals surface area contributed by atoms with Gasteiger partial charge in [-0.2, -0.15) is 0 Å². The molecule has 158 valence electrons. The molecule has 0 fully saturated rings. The van der Waals surface area contributed by atoms with Crippen molar-refractivity contribution in [1.29, 1.82) is 0 Å². The predicted octanol–water partition coefficient (Wildman–Crippen LogP) is 7.90. The summed E-state index contributed by atoms with van der Waals surface area (Å²) in [6, 6.07) is 35.1. The van der Waals surface area contributed by atoms with Crippen LogP contribution in [0.5, 0.6) is 5.75 Å². The zero-order valence-corrected chi connectivity index (χ0v) is 19.4. The molecule has 2 atom stereocenters. The van der Waals surface area contributed by atoms with Gasteiger partial charge in [0.15, 0.2) is 0 Å². The predicted molar refractivity (Wildman–Crippen MR) is 137 cm³/mol. The monoisotopic (exact) mass is 481 g/mol. The van der Waals surface area contributed by atoms with Crippen LogP contribution in [0.25, 0.3) is 21.5 Å². The van der Waals surface area contributed by atoms with E-state index in [2.05, 4.69) is 107 Å². The normalized spacial score (nSPS) is 13.3. The number of nitrogens with one attached hydrogen (secondary N) is 1. The lowest BCUT2D eigenvalue weighted by molar-refractivity contribution is 0.449. The molecule has 0 spiro atoms. The molecule has 2 nitrogen and oxygen atoms in total. The Morgan fingerprint density at radius 3 is 2.06 bits per heavy atom. The van der Waals surface area contributed by atoms with Crippen LogP contribution in [0.2, 0.25) is 0 Å². The fourth-order valence-electron chi connectivity index (χ4n) is 4.56. The molecule has 0 aliphatic rings. The second-order valence-corrected chi connectivity index (χ2v) is 9.08. The van der Waals surface area contributed by atoms with Crippen LogP contribution in [0.15, 0.2) is 108 Å². The Kier molecular flexibility index (Phi) is 5.69. The number of hydrogen-bond acceptors (Lipinski definition) is 2. The maximum Gasteiger partial charge on any atom is 0.121 e. The van der Waals surface area contributed by atoms with Gasteiger partial charge < -0.3 is 5.11 Å². The van der Waals surface area contributed by atoms with Gasteiger partial charge >= 0.3 is 0 Å². The summed E-state index contributed by atoms with van der Waals surface area (Å²) in [5.41, 5.74) is 3.24. The molecule has 5 aromatic carbocycles. The maximum absolute atomic E-state index is 11.0. The number of hydrogen-bond donors (Lipinski definition) is 2. The van der Waals surface area contributed by atoms with E-state index in [0.29, 0.717) is 5.75 Å². The standard InChI is InChI=1S/C29H24BrNO/c1-19(24-12-6-9-20-7-2-4-10-25(20)24)31-29(22-13-16-23(30)17-14-22)28-26-11-5-3-8-21(26)15-18-27(28)32/h2-19,29,31-32H,1H3/t19-,29-/m0/s1. The Morgan fingerprint density at radius 2 is 1.31 bits per heavy atom. The summed E-state index contributed by atoms with van der Waals surface area (Å²) in [4.78, 5) is 0. The molecular formula is C29H24BrNO. The summed E-state index contributed by atoms with van der Waals surface area (Å²) in [7, 11) is 0. The first-order valence-corrected chi connectivity index (χ1v) is 11.6. The van der Waals surface area contributed by atoms with Gasteiger partial charge in [0.1, 0.15) is 5.75 Å². The van der Waals surface area contributed by atoms with Gasteiger partial charge in [0, 0.05) is 16.1 Å². The largest absolute Gasteiger partial charge is 0.508 e. The van der Waals surface area contributed by atoms with Gasteiger partial charge in [-0.05, 0) is 57.8 Å². The van der Waals surface area contributed by atoms with Gasteiger partial charge in [0.2, 0.25) is 0 Å². The molecule has 32 heavy (non-hydrogen) atoms. The van der Waals surface area contributed by atoms with Gasteiger partial charge in [-0.3, -0.25) is 5.32 Å². The number of phenolic OH excluding ortho intramolecular Hbond substituents is 1. The van der Waals surface area contributed by atoms with Crippen LogP contribution in [0.3, 0.4) is 0 Å². The number of aromatic hydroxyl groups is 1. The minimum atomic E-state index is -0.178. The van der Waals surface area contributed by atoms with E-state index in [-0.39, 0.29) is 12.1 Å². The molecule has 0 saturated heterocycles. The quantitative estimate of drug-likeness (QED) is 0.267. The molecule has 0 aliphatic heterocycles. The molecule has 0 unspecified atom stereocenters. The van der Waals surface area contributed by atoms with E-state index in [1.807, 2.05) is 18.2 Å². The minimum Gasteiger partial charge on any atom is -0.508 e. The Bertz CT molecular complexity index is 1390. The van der Waals surface area contributed by atoms with Crippen molar-refractivity contribution in [1.82, 2.24) is 5.32 Å². The average molecular weight is 482 g/mol. The molecular weight excluding hydrogens is 458 g/mol. The van der Waals surface area contributed by atoms with E-state index in [4.69, 9.17) is 0 Å². The summed E-state index contributed by atoms with van der Waals surface area (Å²) >= 11 is 3.55. The van der Waals surface area contributed by atoms with Crippen LogP contribution in [0.4, 0.5) is 0 Å². The van der Waals surface area contributed by atoms with Gasteiger partial charge in [-0.1, -0.05) is 101 Å². The summed E-state index contributed by atoms with van der Waals surface area (Å²) in [6.07, 6.45) is 0. The fraction of sp³-hybridized carbons (Fsp3) is 0.103. The molecule has 0 bridgehead atoms. The Hall–Kier alpha value is -3.14. The highest BCUT2D eigenvalue weighted by molar-refractivity contribution is 9.10. The molecule has 0 amide bonds. The SMILES string of the molecule is C[C@H](N[C@@H](c1ccc(Br)cc1)c1c(O)ccc2ccccc12)c1cccc2ccccc12. The highest BCUT2D eigenvalue weighted by Gasteiger charge is 2.23. The zero-order valence-electron chi connectivity index (χ0n) is 17.8. The van der Waals surface area contributed by atoms with Crippen LogP contribution in [-0.2, 0) is 0 Å². The number of halogens is 1. The molecule has 2 N–H and O–H groups in total. The topological polar surface area (TPSA) is 32.3 Å². The van der Waals surface area contributed by atoms with Crippen molar-refractivity contribution >= 4 is 37.5 Å². The first kappa shape index (κ1) is 20.7. The second-order valence-electron chi connectivity index (χ2n) is 8.16. The van der Waals surface area contributed by atoms with Gasteiger partial charge in [0.25, 0.3) is 0 Å². The van der Waals surface area contributed by atoms with Crippen LogP contribution < -0.4 is 5.32 Å². The zero-order chi connectivity index (χ0) is 22.1. The Morgan fingerprint density at radius 1 is 0.688 bits per heavy atom. The van der Waals surface area contributed by atoms with E-state index >= 15 is 0 Å². The summed E-state index contributed by atoms with van der Waals surface area (Å²) in [5, 5.41) is 19.5. The number of benzene rings is 5. The number of rotatable bonds is 5. The van der Waals surface area contributed by atoms with Crippen LogP contribution in [0, 0.1) is 0 Å². The van der Waals surface area contributed by atoms with Crippen molar-refractivity contribution in [2.24, 2.45) is 0 Å². The molecule has 0 aromatic heterocycles. The first-order chi connectivity index (χ1) is 15.6. The number of phenols is 1. The van der Waals surface area contributed by atoms with Crippen LogP contribution in [-0.4, -0.2) is 5.11 Å². The highest BCUT2D eigenvalue weighted by atomic mass is 79.9. The van der Waals surface area contributed by atoms with Crippen molar-refractivity contribution in [2.45, 2.75) is 19.0 Å². The van der Waals surface area contributed by atoms with Crippen molar-refractivity contribution in [3.63, 3.8) is 0 Å². The second kappa shape index (κ2) is 8.78. The smallest absolute Gasteiger partial charge is 0.121 e. The molecule has 0 saturated carbocycles. The lowest BCUT2D eigenvalue weighted by atomic mass is 9.91. The minimum absolute atomic E-state index is 0.0631. The summed E-state index contributed by atoms with van der Waals surface area (Å²) in [5.74, 6) is 0.300. The molecule has 3 heteroatoms. The maximum atomic E-state index is 11.0. The summed E-state index contributed by atoms with van der Waals surface area (Å²) < 4.78 is 1.03. The van der Waals surface area contributed by atoms with E-state index in [1.54, 1.807) is 6.07 Å². The third kappa shape index (κ3) is 3.90. The van der Waals surface area contributed by atoms with Crippen molar-refractivity contribution in [2.75, 3.05) is 0 Å². The first-order valence-electron chi connectivity index (χ1n) is 10.8. The van der Waals surface area contributed by atoms with Gasteiger partial charge in [-0.25, -0.2) is 0 Å². The molecule has 0 aliphatic carbocycles. The van der Waals surface area contributed by atoms with E-state index in [0.717, 1.165) is 26.4 Å². The summed E-state index contributed by atoms with van der Waals surface area (Å²) in [6.45, 7) is 2.19. The molecule has 0 heterocycles. The van der Waals surface area contributed by atoms with Crippen molar-refractivity contribution in [3.8, 4) is 5.75 Å². The van der Waals surface area contributed by atoms with E-state index in [9.17, 15) is 5.11 Å². The average Bonchev–Trinajstić information content (AvgIpc) is 2.83. The van der Waals surface area contributed by atoms with Gasteiger partial charge in [0.05, 0.1) is 6.04 Å². The fourth-order valence-corrected chi connectivity index (χ4v) is 4.82. The van der Waals surface area contributed by atoms with Crippen molar-refractivity contribution < 1.29 is 5.11 Å². The lowest BCUT2D eigenvalue weighted by Crippen LogP contribution is -2.26.